The molecule has 1 aromatic carbocycles. The summed E-state index contributed by atoms with van der Waals surface area (Å²) in [6.07, 6.45) is 0. The molecule has 1 rings (SSSR count). The van der Waals surface area contributed by atoms with Crippen LogP contribution in [0.1, 0.15) is 12.5 Å². The molecule has 0 saturated heterocycles. The monoisotopic (exact) mass is 321 g/mol. The Kier molecular flexibility index (Phi) is 4.98. The van der Waals surface area contributed by atoms with Gasteiger partial charge in [-0.3, -0.25) is 0 Å². The van der Waals surface area contributed by atoms with Gasteiger partial charge in [-0.05, 0) is 47.2 Å². The number of hydrogen-bond donors (Lipinski definition) is 3. The predicted molar refractivity (Wildman–Crippen MR) is 68.6 cm³/mol. The average Bonchev–Trinajstić information content (AvgIpc) is 2.28. The number of hydrogen-bond acceptors (Lipinski definition) is 3. The Morgan fingerprint density at radius 2 is 1.73 bits per heavy atom. The second-order valence-corrected chi connectivity index (χ2v) is 5.10. The molecule has 0 unspecified atom stereocenters. The molecule has 0 aliphatic rings. The summed E-state index contributed by atoms with van der Waals surface area (Å²) in [5.41, 5.74) is 0.534. The maximum atomic E-state index is 9.08. The molecule has 0 amide bonds. The largest absolute Gasteiger partial charge is 0.394 e. The zero-order chi connectivity index (χ0) is 11.3. The van der Waals surface area contributed by atoms with E-state index >= 15 is 0 Å². The molecule has 0 atom stereocenters. The van der Waals surface area contributed by atoms with Gasteiger partial charge in [-0.25, -0.2) is 0 Å². The first-order chi connectivity index (χ1) is 7.09. The summed E-state index contributed by atoms with van der Waals surface area (Å²) >= 11 is 2.26. The fourth-order valence-corrected chi connectivity index (χ4v) is 1.44. The molecular weight excluding hydrogens is 305 g/mol. The van der Waals surface area contributed by atoms with Gasteiger partial charge in [0.2, 0.25) is 0 Å². The topological polar surface area (TPSA) is 52.5 Å². The Labute approximate surface area is 104 Å². The minimum absolute atomic E-state index is 0.0755. The average molecular weight is 321 g/mol. The molecule has 0 aliphatic carbocycles. The van der Waals surface area contributed by atoms with E-state index < -0.39 is 5.54 Å². The number of halogens is 1. The predicted octanol–water partition coefficient (Wildman–Crippen LogP) is 1.12. The summed E-state index contributed by atoms with van der Waals surface area (Å²) in [6, 6.07) is 8.13. The van der Waals surface area contributed by atoms with E-state index in [4.69, 9.17) is 10.2 Å². The second kappa shape index (κ2) is 5.79. The van der Waals surface area contributed by atoms with Crippen LogP contribution >= 0.6 is 22.6 Å². The zero-order valence-corrected chi connectivity index (χ0v) is 10.9. The minimum Gasteiger partial charge on any atom is -0.394 e. The fraction of sp³-hybridized carbons (Fsp3) is 0.455. The summed E-state index contributed by atoms with van der Waals surface area (Å²) < 4.78 is 1.20. The van der Waals surface area contributed by atoms with Crippen molar-refractivity contribution < 1.29 is 10.2 Å². The van der Waals surface area contributed by atoms with Crippen LogP contribution in [0.2, 0.25) is 0 Å². The number of aliphatic hydroxyl groups excluding tert-OH is 2. The quantitative estimate of drug-likeness (QED) is 0.713. The molecule has 3 nitrogen and oxygen atoms in total. The molecule has 4 heteroatoms. The highest BCUT2D eigenvalue weighted by Crippen LogP contribution is 2.08. The van der Waals surface area contributed by atoms with Gasteiger partial charge in [-0.1, -0.05) is 12.1 Å². The van der Waals surface area contributed by atoms with Crippen LogP contribution in [-0.2, 0) is 6.54 Å². The molecule has 0 aliphatic heterocycles. The van der Waals surface area contributed by atoms with Crippen LogP contribution in [0, 0.1) is 3.57 Å². The van der Waals surface area contributed by atoms with Crippen molar-refractivity contribution in [3.63, 3.8) is 0 Å². The van der Waals surface area contributed by atoms with E-state index in [0.29, 0.717) is 6.54 Å². The lowest BCUT2D eigenvalue weighted by atomic mass is 10.0. The van der Waals surface area contributed by atoms with E-state index in [0.717, 1.165) is 5.56 Å². The van der Waals surface area contributed by atoms with Crippen LogP contribution in [0.25, 0.3) is 0 Å². The van der Waals surface area contributed by atoms with Gasteiger partial charge in [0.05, 0.1) is 18.8 Å². The summed E-state index contributed by atoms with van der Waals surface area (Å²) in [5.74, 6) is 0. The van der Waals surface area contributed by atoms with Gasteiger partial charge in [0.1, 0.15) is 0 Å². The smallest absolute Gasteiger partial charge is 0.0633 e. The third kappa shape index (κ3) is 4.06. The molecule has 0 bridgehead atoms. The molecule has 0 radical (unpaired) electrons. The SMILES string of the molecule is CC(CO)(CO)NCc1ccc(I)cc1. The van der Waals surface area contributed by atoms with Gasteiger partial charge in [-0.15, -0.1) is 0 Å². The Morgan fingerprint density at radius 1 is 1.20 bits per heavy atom. The lowest BCUT2D eigenvalue weighted by molar-refractivity contribution is 0.103. The molecule has 0 spiro atoms. The molecule has 84 valence electrons. The van der Waals surface area contributed by atoms with Crippen molar-refractivity contribution in [2.75, 3.05) is 13.2 Å². The third-order valence-electron chi connectivity index (χ3n) is 2.33. The minimum atomic E-state index is -0.608. The molecule has 15 heavy (non-hydrogen) atoms. The molecule has 0 heterocycles. The van der Waals surface area contributed by atoms with Crippen molar-refractivity contribution in [1.82, 2.24) is 5.32 Å². The van der Waals surface area contributed by atoms with Crippen LogP contribution in [0.3, 0.4) is 0 Å². The van der Waals surface area contributed by atoms with Crippen LogP contribution in [0.15, 0.2) is 24.3 Å². The van der Waals surface area contributed by atoms with Crippen molar-refractivity contribution in [2.45, 2.75) is 19.0 Å². The summed E-state index contributed by atoms with van der Waals surface area (Å²) in [6.45, 7) is 2.29. The normalized spacial score (nSPS) is 11.7. The summed E-state index contributed by atoms with van der Waals surface area (Å²) in [5, 5.41) is 21.3. The zero-order valence-electron chi connectivity index (χ0n) is 8.70. The Balaban J connectivity index is 2.53. The maximum absolute atomic E-state index is 9.08. The molecule has 3 N–H and O–H groups in total. The van der Waals surface area contributed by atoms with Gasteiger partial charge in [0, 0.05) is 10.1 Å². The van der Waals surface area contributed by atoms with Crippen LogP contribution in [0.5, 0.6) is 0 Å². The van der Waals surface area contributed by atoms with E-state index in [1.54, 1.807) is 6.92 Å². The Bertz CT molecular complexity index is 296. The van der Waals surface area contributed by atoms with Crippen LogP contribution in [0.4, 0.5) is 0 Å². The second-order valence-electron chi connectivity index (χ2n) is 3.86. The van der Waals surface area contributed by atoms with Gasteiger partial charge in [0.15, 0.2) is 0 Å². The summed E-state index contributed by atoms with van der Waals surface area (Å²) in [4.78, 5) is 0. The van der Waals surface area contributed by atoms with Gasteiger partial charge < -0.3 is 15.5 Å². The Hall–Kier alpha value is -0.170. The highest BCUT2D eigenvalue weighted by molar-refractivity contribution is 14.1. The Morgan fingerprint density at radius 3 is 2.20 bits per heavy atom. The highest BCUT2D eigenvalue weighted by Gasteiger charge is 2.20. The molecule has 0 aromatic heterocycles. The molecule has 0 saturated carbocycles. The molecule has 1 aromatic rings. The third-order valence-corrected chi connectivity index (χ3v) is 3.05. The van der Waals surface area contributed by atoms with Crippen LogP contribution in [-0.4, -0.2) is 29.0 Å². The van der Waals surface area contributed by atoms with E-state index in [-0.39, 0.29) is 13.2 Å². The van der Waals surface area contributed by atoms with E-state index in [2.05, 4.69) is 27.9 Å². The number of benzene rings is 1. The first-order valence-electron chi connectivity index (χ1n) is 4.81. The van der Waals surface area contributed by atoms with Crippen molar-refractivity contribution in [1.29, 1.82) is 0 Å². The van der Waals surface area contributed by atoms with Crippen molar-refractivity contribution in [3.8, 4) is 0 Å². The highest BCUT2D eigenvalue weighted by atomic mass is 127. The number of nitrogens with one attached hydrogen (secondary N) is 1. The van der Waals surface area contributed by atoms with E-state index in [1.807, 2.05) is 24.3 Å². The van der Waals surface area contributed by atoms with Gasteiger partial charge >= 0.3 is 0 Å². The standard InChI is InChI=1S/C11H16INO2/c1-11(7-14,8-15)13-6-9-2-4-10(12)5-3-9/h2-5,13-15H,6-8H2,1H3. The number of rotatable bonds is 5. The number of aliphatic hydroxyl groups is 2. The maximum Gasteiger partial charge on any atom is 0.0633 e. The molecular formula is C11H16INO2. The lowest BCUT2D eigenvalue weighted by Crippen LogP contribution is -2.48. The van der Waals surface area contributed by atoms with E-state index in [9.17, 15) is 0 Å². The first kappa shape index (κ1) is 12.9. The summed E-state index contributed by atoms with van der Waals surface area (Å²) in [7, 11) is 0. The van der Waals surface area contributed by atoms with Crippen molar-refractivity contribution >= 4 is 22.6 Å². The van der Waals surface area contributed by atoms with Gasteiger partial charge in [0.25, 0.3) is 0 Å². The van der Waals surface area contributed by atoms with E-state index in [1.165, 1.54) is 3.57 Å². The first-order valence-corrected chi connectivity index (χ1v) is 5.89. The molecule has 0 fully saturated rings. The van der Waals surface area contributed by atoms with Crippen molar-refractivity contribution in [3.05, 3.63) is 33.4 Å². The van der Waals surface area contributed by atoms with Gasteiger partial charge in [-0.2, -0.15) is 0 Å². The van der Waals surface area contributed by atoms with Crippen molar-refractivity contribution in [2.24, 2.45) is 0 Å². The van der Waals surface area contributed by atoms with Crippen LogP contribution < -0.4 is 5.32 Å². The fourth-order valence-electron chi connectivity index (χ4n) is 1.08. The lowest BCUT2D eigenvalue weighted by Gasteiger charge is -2.26.